The Morgan fingerprint density at radius 1 is 1.07 bits per heavy atom. The van der Waals surface area contributed by atoms with Gasteiger partial charge >= 0.3 is 0 Å². The summed E-state index contributed by atoms with van der Waals surface area (Å²) < 4.78 is 5.56. The van der Waals surface area contributed by atoms with Crippen molar-refractivity contribution in [2.75, 3.05) is 0 Å². The molecule has 1 nitrogen and oxygen atoms in total. The molecule has 82 valence electrons. The van der Waals surface area contributed by atoms with Crippen LogP contribution in [0.3, 0.4) is 0 Å². The second kappa shape index (κ2) is 7.86. The Morgan fingerprint density at radius 3 is 2.36 bits per heavy atom. The smallest absolute Gasteiger partial charge is 0.241 e. The zero-order valence-electron chi connectivity index (χ0n) is 10.0. The monoisotopic (exact) mass is 212 g/mol. The summed E-state index contributed by atoms with van der Waals surface area (Å²) in [6, 6.07) is 0. The maximum absolute atomic E-state index is 5.56. The van der Waals surface area contributed by atoms with Crippen LogP contribution in [0.1, 0.15) is 32.6 Å². The van der Waals surface area contributed by atoms with Gasteiger partial charge in [0.15, 0.2) is 0 Å². The number of hydrogen-bond donors (Lipinski definition) is 0. The minimum Gasteiger partial charge on any atom is -0.550 e. The number of allylic oxidation sites excluding steroid dienone is 3. The van der Waals surface area contributed by atoms with Gasteiger partial charge in [-0.05, 0) is 38.6 Å². The van der Waals surface area contributed by atoms with Crippen LogP contribution in [-0.4, -0.2) is 8.32 Å². The highest BCUT2D eigenvalue weighted by molar-refractivity contribution is 6.69. The van der Waals surface area contributed by atoms with Crippen molar-refractivity contribution in [3.8, 4) is 0 Å². The Kier molecular flexibility index (Phi) is 7.58. The van der Waals surface area contributed by atoms with Crippen molar-refractivity contribution in [2.45, 2.75) is 52.2 Å². The van der Waals surface area contributed by atoms with Crippen LogP contribution >= 0.6 is 0 Å². The highest BCUT2D eigenvalue weighted by Gasteiger charge is 2.12. The van der Waals surface area contributed by atoms with Gasteiger partial charge in [0.05, 0.1) is 6.26 Å². The minimum atomic E-state index is -1.36. The van der Waals surface area contributed by atoms with E-state index in [0.29, 0.717) is 0 Å². The topological polar surface area (TPSA) is 9.23 Å². The molecule has 2 heteroatoms. The van der Waals surface area contributed by atoms with Crippen LogP contribution in [0.2, 0.25) is 19.6 Å². The maximum atomic E-state index is 5.56. The van der Waals surface area contributed by atoms with Crippen LogP contribution in [0, 0.1) is 0 Å². The standard InChI is InChI=1S/C12H24OSi/c1-5-6-7-8-9-10-11-12-13-14(2,3)4/h9-12H,5-8H2,1-4H3. The zero-order chi connectivity index (χ0) is 10.9. The van der Waals surface area contributed by atoms with Crippen molar-refractivity contribution in [1.82, 2.24) is 0 Å². The first-order chi connectivity index (χ1) is 6.56. The van der Waals surface area contributed by atoms with Gasteiger partial charge in [-0.3, -0.25) is 0 Å². The van der Waals surface area contributed by atoms with Crippen molar-refractivity contribution < 1.29 is 4.43 Å². The Hall–Kier alpha value is -0.503. The number of rotatable bonds is 7. The van der Waals surface area contributed by atoms with Crippen molar-refractivity contribution in [3.63, 3.8) is 0 Å². The molecule has 0 fully saturated rings. The van der Waals surface area contributed by atoms with E-state index in [1.165, 1.54) is 25.7 Å². The molecular weight excluding hydrogens is 188 g/mol. The van der Waals surface area contributed by atoms with E-state index in [2.05, 4.69) is 38.7 Å². The largest absolute Gasteiger partial charge is 0.550 e. The third-order valence-electron chi connectivity index (χ3n) is 1.72. The first-order valence-corrected chi connectivity index (χ1v) is 8.96. The number of hydrogen-bond acceptors (Lipinski definition) is 1. The van der Waals surface area contributed by atoms with E-state index in [4.69, 9.17) is 4.43 Å². The molecule has 0 radical (unpaired) electrons. The quantitative estimate of drug-likeness (QED) is 0.261. The lowest BCUT2D eigenvalue weighted by atomic mass is 10.2. The summed E-state index contributed by atoms with van der Waals surface area (Å²) in [7, 11) is -1.36. The van der Waals surface area contributed by atoms with Gasteiger partial charge < -0.3 is 4.43 Å². The summed E-state index contributed by atoms with van der Waals surface area (Å²) in [4.78, 5) is 0. The Bertz CT molecular complexity index is 177. The Labute approximate surface area is 90.0 Å². The van der Waals surface area contributed by atoms with Crippen LogP contribution in [0.25, 0.3) is 0 Å². The second-order valence-corrected chi connectivity index (χ2v) is 8.94. The van der Waals surface area contributed by atoms with Gasteiger partial charge in [-0.1, -0.05) is 31.9 Å². The van der Waals surface area contributed by atoms with Crippen molar-refractivity contribution in [2.24, 2.45) is 0 Å². The normalized spacial score (nSPS) is 12.9. The number of unbranched alkanes of at least 4 members (excludes halogenated alkanes) is 3. The van der Waals surface area contributed by atoms with Gasteiger partial charge in [-0.15, -0.1) is 0 Å². The van der Waals surface area contributed by atoms with Gasteiger partial charge in [0.2, 0.25) is 8.32 Å². The lowest BCUT2D eigenvalue weighted by molar-refractivity contribution is 0.479. The Balaban J connectivity index is 3.42. The summed E-state index contributed by atoms with van der Waals surface area (Å²) in [6.07, 6.45) is 13.2. The molecule has 0 aliphatic heterocycles. The highest BCUT2D eigenvalue weighted by atomic mass is 28.4. The molecular formula is C12H24OSi. The maximum Gasteiger partial charge on any atom is 0.241 e. The van der Waals surface area contributed by atoms with E-state index >= 15 is 0 Å². The van der Waals surface area contributed by atoms with E-state index in [1.54, 1.807) is 0 Å². The van der Waals surface area contributed by atoms with Crippen LogP contribution in [0.5, 0.6) is 0 Å². The van der Waals surface area contributed by atoms with Gasteiger partial charge in [-0.2, -0.15) is 0 Å². The molecule has 0 aromatic carbocycles. The third kappa shape index (κ3) is 11.5. The minimum absolute atomic E-state index is 1.19. The molecule has 0 N–H and O–H groups in total. The summed E-state index contributed by atoms with van der Waals surface area (Å²) in [5, 5.41) is 0. The van der Waals surface area contributed by atoms with E-state index in [0.717, 1.165) is 0 Å². The van der Waals surface area contributed by atoms with Crippen LogP contribution in [-0.2, 0) is 4.43 Å². The molecule has 0 heterocycles. The van der Waals surface area contributed by atoms with E-state index in [-0.39, 0.29) is 0 Å². The average Bonchev–Trinajstić information content (AvgIpc) is 2.08. The van der Waals surface area contributed by atoms with E-state index in [1.807, 2.05) is 12.3 Å². The lowest BCUT2D eigenvalue weighted by Crippen LogP contribution is -2.21. The molecule has 0 spiro atoms. The fourth-order valence-corrected chi connectivity index (χ4v) is 1.46. The molecule has 0 aliphatic rings. The second-order valence-electron chi connectivity index (χ2n) is 4.48. The van der Waals surface area contributed by atoms with E-state index in [9.17, 15) is 0 Å². The van der Waals surface area contributed by atoms with Crippen molar-refractivity contribution in [3.05, 3.63) is 24.5 Å². The fourth-order valence-electron chi connectivity index (χ4n) is 0.976. The third-order valence-corrected chi connectivity index (χ3v) is 2.56. The molecule has 0 aromatic rings. The molecule has 14 heavy (non-hydrogen) atoms. The fraction of sp³-hybridized carbons (Fsp3) is 0.667. The molecule has 0 amide bonds. The highest BCUT2D eigenvalue weighted by Crippen LogP contribution is 2.03. The summed E-state index contributed by atoms with van der Waals surface area (Å²) >= 11 is 0. The molecule has 0 aliphatic carbocycles. The predicted molar refractivity (Wildman–Crippen MR) is 66.9 cm³/mol. The van der Waals surface area contributed by atoms with Gasteiger partial charge in [0, 0.05) is 0 Å². The van der Waals surface area contributed by atoms with Gasteiger partial charge in [-0.25, -0.2) is 0 Å². The zero-order valence-corrected chi connectivity index (χ0v) is 11.0. The van der Waals surface area contributed by atoms with Crippen molar-refractivity contribution in [1.29, 1.82) is 0 Å². The predicted octanol–water partition coefficient (Wildman–Crippen LogP) is 4.49. The molecule has 0 atom stereocenters. The van der Waals surface area contributed by atoms with Crippen LogP contribution < -0.4 is 0 Å². The van der Waals surface area contributed by atoms with Crippen LogP contribution in [0.15, 0.2) is 24.5 Å². The summed E-state index contributed by atoms with van der Waals surface area (Å²) in [6.45, 7) is 8.78. The first kappa shape index (κ1) is 13.5. The molecule has 0 unspecified atom stereocenters. The SMILES string of the molecule is CCCCCC=CC=CO[Si](C)(C)C. The molecule has 0 aromatic heterocycles. The molecule has 0 rings (SSSR count). The summed E-state index contributed by atoms with van der Waals surface area (Å²) in [5.74, 6) is 0. The average molecular weight is 212 g/mol. The lowest BCUT2D eigenvalue weighted by Gasteiger charge is -2.14. The van der Waals surface area contributed by atoms with Gasteiger partial charge in [0.25, 0.3) is 0 Å². The van der Waals surface area contributed by atoms with Crippen molar-refractivity contribution >= 4 is 8.32 Å². The Morgan fingerprint density at radius 2 is 1.79 bits per heavy atom. The van der Waals surface area contributed by atoms with E-state index < -0.39 is 8.32 Å². The van der Waals surface area contributed by atoms with Gasteiger partial charge in [0.1, 0.15) is 0 Å². The first-order valence-electron chi connectivity index (χ1n) is 5.56. The summed E-state index contributed by atoms with van der Waals surface area (Å²) in [5.41, 5.74) is 0. The van der Waals surface area contributed by atoms with Crippen LogP contribution in [0.4, 0.5) is 0 Å². The molecule has 0 bridgehead atoms. The molecule has 0 saturated heterocycles. The molecule has 0 saturated carbocycles.